The number of imidazole rings is 1. The molecule has 1 rings (SSSR count). The van der Waals surface area contributed by atoms with Gasteiger partial charge in [0.2, 0.25) is 0 Å². The summed E-state index contributed by atoms with van der Waals surface area (Å²) in [6.45, 7) is 2.18. The van der Waals surface area contributed by atoms with Gasteiger partial charge in [-0.1, -0.05) is 25.5 Å². The van der Waals surface area contributed by atoms with Crippen LogP contribution in [0.4, 0.5) is 0 Å². The van der Waals surface area contributed by atoms with Crippen LogP contribution in [0.1, 0.15) is 25.6 Å². The number of nitrogens with zero attached hydrogens (tertiary/aromatic N) is 1. The fourth-order valence-electron chi connectivity index (χ4n) is 0.889. The van der Waals surface area contributed by atoms with Gasteiger partial charge in [-0.2, -0.15) is 0 Å². The Morgan fingerprint density at radius 2 is 2.45 bits per heavy atom. The van der Waals surface area contributed by atoms with E-state index in [-0.39, 0.29) is 0 Å². The molecular formula is C9H14N2. The number of H-pyrrole nitrogens is 1. The molecule has 0 unspecified atom stereocenters. The second kappa shape index (κ2) is 4.72. The van der Waals surface area contributed by atoms with Crippen LogP contribution in [0.3, 0.4) is 0 Å². The van der Waals surface area contributed by atoms with Crippen molar-refractivity contribution in [3.8, 4) is 0 Å². The van der Waals surface area contributed by atoms with E-state index in [2.05, 4.69) is 29.0 Å². The number of aromatic amines is 1. The number of aromatic nitrogens is 2. The van der Waals surface area contributed by atoms with Crippen molar-refractivity contribution in [2.24, 2.45) is 0 Å². The van der Waals surface area contributed by atoms with Gasteiger partial charge in [0, 0.05) is 18.8 Å². The minimum atomic E-state index is 0.924. The van der Waals surface area contributed by atoms with Crippen LogP contribution in [0.5, 0.6) is 0 Å². The quantitative estimate of drug-likeness (QED) is 0.655. The van der Waals surface area contributed by atoms with E-state index in [1.165, 1.54) is 12.8 Å². The van der Waals surface area contributed by atoms with Gasteiger partial charge < -0.3 is 4.98 Å². The van der Waals surface area contributed by atoms with Crippen LogP contribution in [0, 0.1) is 0 Å². The van der Waals surface area contributed by atoms with Gasteiger partial charge >= 0.3 is 0 Å². The van der Waals surface area contributed by atoms with E-state index in [4.69, 9.17) is 0 Å². The van der Waals surface area contributed by atoms with Crippen LogP contribution in [-0.2, 0) is 6.42 Å². The molecule has 1 heterocycles. The van der Waals surface area contributed by atoms with E-state index in [0.29, 0.717) is 0 Å². The lowest BCUT2D eigenvalue weighted by Crippen LogP contribution is -1.82. The van der Waals surface area contributed by atoms with Crippen molar-refractivity contribution < 1.29 is 0 Å². The van der Waals surface area contributed by atoms with Crippen LogP contribution >= 0.6 is 0 Å². The van der Waals surface area contributed by atoms with Crippen LogP contribution in [0.25, 0.3) is 0 Å². The van der Waals surface area contributed by atoms with Gasteiger partial charge in [-0.05, 0) is 6.42 Å². The normalized spacial score (nSPS) is 11.0. The second-order valence-electron chi connectivity index (χ2n) is 2.50. The standard InChI is InChI=1S/C9H14N2/c1-2-3-4-5-6-9-10-7-8-11-9/h4-5,7-8H,2-3,6H2,1H3,(H,10,11). The summed E-state index contributed by atoms with van der Waals surface area (Å²) in [5.41, 5.74) is 0. The molecule has 0 saturated heterocycles. The lowest BCUT2D eigenvalue weighted by atomic mass is 10.3. The molecule has 0 aliphatic rings. The zero-order valence-electron chi connectivity index (χ0n) is 6.88. The molecule has 0 spiro atoms. The molecule has 0 saturated carbocycles. The van der Waals surface area contributed by atoms with Crippen molar-refractivity contribution in [1.29, 1.82) is 0 Å². The summed E-state index contributed by atoms with van der Waals surface area (Å²) in [6.07, 6.45) is 11.3. The Labute approximate surface area is 67.4 Å². The summed E-state index contributed by atoms with van der Waals surface area (Å²) in [5.74, 6) is 1.04. The number of rotatable bonds is 4. The zero-order chi connectivity index (χ0) is 7.94. The molecule has 0 amide bonds. The molecule has 1 aromatic heterocycles. The highest BCUT2D eigenvalue weighted by Gasteiger charge is 1.87. The summed E-state index contributed by atoms with van der Waals surface area (Å²) in [5, 5.41) is 0. The molecule has 0 fully saturated rings. The smallest absolute Gasteiger partial charge is 0.109 e. The predicted octanol–water partition coefficient (Wildman–Crippen LogP) is 2.31. The number of nitrogens with one attached hydrogen (secondary N) is 1. The summed E-state index contributed by atoms with van der Waals surface area (Å²) < 4.78 is 0. The monoisotopic (exact) mass is 150 g/mol. The molecule has 0 bridgehead atoms. The van der Waals surface area contributed by atoms with E-state index in [9.17, 15) is 0 Å². The van der Waals surface area contributed by atoms with E-state index < -0.39 is 0 Å². The third kappa shape index (κ3) is 3.03. The first-order valence-electron chi connectivity index (χ1n) is 4.06. The summed E-state index contributed by atoms with van der Waals surface area (Å²) in [6, 6.07) is 0. The first-order valence-corrected chi connectivity index (χ1v) is 4.06. The van der Waals surface area contributed by atoms with Gasteiger partial charge in [0.05, 0.1) is 0 Å². The summed E-state index contributed by atoms with van der Waals surface area (Å²) >= 11 is 0. The zero-order valence-corrected chi connectivity index (χ0v) is 6.88. The van der Waals surface area contributed by atoms with Gasteiger partial charge in [0.25, 0.3) is 0 Å². The Balaban J connectivity index is 2.23. The highest BCUT2D eigenvalue weighted by Crippen LogP contribution is 1.94. The van der Waals surface area contributed by atoms with Crippen molar-refractivity contribution >= 4 is 0 Å². The van der Waals surface area contributed by atoms with Crippen molar-refractivity contribution in [1.82, 2.24) is 9.97 Å². The minimum Gasteiger partial charge on any atom is -0.348 e. The molecule has 0 atom stereocenters. The average molecular weight is 150 g/mol. The molecule has 2 heteroatoms. The molecule has 0 aliphatic heterocycles. The largest absolute Gasteiger partial charge is 0.348 e. The molecular weight excluding hydrogens is 136 g/mol. The predicted molar refractivity (Wildman–Crippen MR) is 46.3 cm³/mol. The molecule has 1 aromatic rings. The molecule has 60 valence electrons. The maximum atomic E-state index is 4.11. The summed E-state index contributed by atoms with van der Waals surface area (Å²) in [4.78, 5) is 7.16. The van der Waals surface area contributed by atoms with Crippen molar-refractivity contribution in [3.05, 3.63) is 30.4 Å². The number of allylic oxidation sites excluding steroid dienone is 2. The van der Waals surface area contributed by atoms with Gasteiger partial charge in [0.1, 0.15) is 5.82 Å². The molecule has 11 heavy (non-hydrogen) atoms. The van der Waals surface area contributed by atoms with Crippen molar-refractivity contribution in [3.63, 3.8) is 0 Å². The summed E-state index contributed by atoms with van der Waals surface area (Å²) in [7, 11) is 0. The molecule has 1 N–H and O–H groups in total. The van der Waals surface area contributed by atoms with Crippen LogP contribution < -0.4 is 0 Å². The Bertz CT molecular complexity index is 199. The Hall–Kier alpha value is -1.05. The fourth-order valence-corrected chi connectivity index (χ4v) is 0.889. The third-order valence-corrected chi connectivity index (χ3v) is 1.49. The van der Waals surface area contributed by atoms with Crippen LogP contribution in [-0.4, -0.2) is 9.97 Å². The number of unbranched alkanes of at least 4 members (excludes halogenated alkanes) is 1. The Morgan fingerprint density at radius 1 is 1.55 bits per heavy atom. The van der Waals surface area contributed by atoms with Gasteiger partial charge in [-0.15, -0.1) is 0 Å². The maximum Gasteiger partial charge on any atom is 0.109 e. The fraction of sp³-hybridized carbons (Fsp3) is 0.444. The second-order valence-corrected chi connectivity index (χ2v) is 2.50. The molecule has 0 aromatic carbocycles. The lowest BCUT2D eigenvalue weighted by molar-refractivity contribution is 0.948. The van der Waals surface area contributed by atoms with E-state index >= 15 is 0 Å². The average Bonchev–Trinajstić information content (AvgIpc) is 2.50. The number of hydrogen-bond donors (Lipinski definition) is 1. The highest BCUT2D eigenvalue weighted by molar-refractivity contribution is 4.96. The Morgan fingerprint density at radius 3 is 3.09 bits per heavy atom. The topological polar surface area (TPSA) is 28.7 Å². The van der Waals surface area contributed by atoms with Crippen molar-refractivity contribution in [2.75, 3.05) is 0 Å². The maximum absolute atomic E-state index is 4.11. The third-order valence-electron chi connectivity index (χ3n) is 1.49. The Kier molecular flexibility index (Phi) is 3.45. The number of hydrogen-bond acceptors (Lipinski definition) is 1. The van der Waals surface area contributed by atoms with Crippen molar-refractivity contribution in [2.45, 2.75) is 26.2 Å². The first-order chi connectivity index (χ1) is 5.43. The van der Waals surface area contributed by atoms with E-state index in [1.54, 1.807) is 6.20 Å². The minimum absolute atomic E-state index is 0.924. The first kappa shape index (κ1) is 8.05. The van der Waals surface area contributed by atoms with E-state index in [0.717, 1.165) is 12.2 Å². The lowest BCUT2D eigenvalue weighted by Gasteiger charge is -1.86. The highest BCUT2D eigenvalue weighted by atomic mass is 14.9. The van der Waals surface area contributed by atoms with Crippen LogP contribution in [0.15, 0.2) is 24.5 Å². The van der Waals surface area contributed by atoms with Gasteiger partial charge in [-0.25, -0.2) is 4.98 Å². The van der Waals surface area contributed by atoms with E-state index in [1.807, 2.05) is 6.20 Å². The molecule has 2 nitrogen and oxygen atoms in total. The van der Waals surface area contributed by atoms with Crippen LogP contribution in [0.2, 0.25) is 0 Å². The molecule has 0 radical (unpaired) electrons. The molecule has 0 aliphatic carbocycles. The SMILES string of the molecule is CCCC=CCc1ncc[nH]1. The van der Waals surface area contributed by atoms with Gasteiger partial charge in [0.15, 0.2) is 0 Å². The van der Waals surface area contributed by atoms with Gasteiger partial charge in [-0.3, -0.25) is 0 Å².